The lowest BCUT2D eigenvalue weighted by Gasteiger charge is -2.43. The molecule has 188 valence electrons. The van der Waals surface area contributed by atoms with Gasteiger partial charge < -0.3 is 15.6 Å². The smallest absolute Gasteiger partial charge is 0.367 e. The fraction of sp³-hybridized carbons (Fsp3) is 0.429. The number of alkyl halides is 5. The highest BCUT2D eigenvalue weighted by atomic mass is 19.4. The van der Waals surface area contributed by atoms with Gasteiger partial charge in [-0.1, -0.05) is 6.92 Å². The number of piperidine rings is 1. The number of pyridine rings is 1. The van der Waals surface area contributed by atoms with Gasteiger partial charge in [0.1, 0.15) is 5.82 Å². The maximum Gasteiger partial charge on any atom is 0.434 e. The Morgan fingerprint density at radius 1 is 1.31 bits per heavy atom. The van der Waals surface area contributed by atoms with Crippen LogP contribution in [0.25, 0.3) is 0 Å². The van der Waals surface area contributed by atoms with Crippen LogP contribution < -0.4 is 10.7 Å². The first-order valence-corrected chi connectivity index (χ1v) is 10.5. The minimum Gasteiger partial charge on any atom is -0.367 e. The zero-order valence-electron chi connectivity index (χ0n) is 18.8. The molecule has 0 radical (unpaired) electrons. The second kappa shape index (κ2) is 10.3. The van der Waals surface area contributed by atoms with Crippen LogP contribution in [0, 0.1) is 18.3 Å². The van der Waals surface area contributed by atoms with Crippen molar-refractivity contribution in [1.82, 2.24) is 19.9 Å². The van der Waals surface area contributed by atoms with Gasteiger partial charge in [-0.05, 0) is 25.0 Å². The summed E-state index contributed by atoms with van der Waals surface area (Å²) < 4.78 is 67.1. The highest BCUT2D eigenvalue weighted by Crippen LogP contribution is 2.36. The van der Waals surface area contributed by atoms with E-state index < -0.39 is 48.6 Å². The summed E-state index contributed by atoms with van der Waals surface area (Å²) >= 11 is 0. The molecule has 0 aromatic carbocycles. The standard InChI is InChI=1S/C21H23F5N8O/c1-12-7-20(22,23)11-34(15(12)8-29-17-10-28-16(9-30-17)21(24,25)26)19(35)18-14(33-31-6-5-27)4-3-13(2)32-18/h3-6,9-10,12,15,27,33H,7-8,11H2,1-2H3,(H,29,30)/b27-5?,31-6-/t12-,15?/m1/s1. The molecular weight excluding hydrogens is 475 g/mol. The van der Waals surface area contributed by atoms with Gasteiger partial charge in [0.15, 0.2) is 11.4 Å². The monoisotopic (exact) mass is 498 g/mol. The maximum absolute atomic E-state index is 14.5. The van der Waals surface area contributed by atoms with Gasteiger partial charge in [-0.15, -0.1) is 0 Å². The van der Waals surface area contributed by atoms with Gasteiger partial charge in [0.05, 0.1) is 36.9 Å². The molecule has 0 spiro atoms. The number of carbonyl (C=O) groups excluding carboxylic acids is 1. The molecule has 1 aliphatic heterocycles. The zero-order valence-corrected chi connectivity index (χ0v) is 18.8. The predicted molar refractivity (Wildman–Crippen MR) is 119 cm³/mol. The van der Waals surface area contributed by atoms with E-state index in [1.165, 1.54) is 6.07 Å². The Kier molecular flexibility index (Phi) is 7.60. The third-order valence-corrected chi connectivity index (χ3v) is 5.35. The lowest BCUT2D eigenvalue weighted by Crippen LogP contribution is -2.57. The zero-order chi connectivity index (χ0) is 25.8. The predicted octanol–water partition coefficient (Wildman–Crippen LogP) is 3.84. The number of hydrazone groups is 1. The summed E-state index contributed by atoms with van der Waals surface area (Å²) in [5.74, 6) is -4.56. The molecule has 1 aliphatic rings. The number of aryl methyl sites for hydroxylation is 1. The average molecular weight is 498 g/mol. The number of nitrogens with one attached hydrogen (secondary N) is 3. The number of likely N-dealkylation sites (tertiary alicyclic amines) is 1. The van der Waals surface area contributed by atoms with Crippen molar-refractivity contribution < 1.29 is 26.7 Å². The fourth-order valence-electron chi connectivity index (χ4n) is 3.74. The van der Waals surface area contributed by atoms with E-state index in [-0.39, 0.29) is 23.7 Å². The van der Waals surface area contributed by atoms with Crippen molar-refractivity contribution in [2.24, 2.45) is 11.0 Å². The van der Waals surface area contributed by atoms with Crippen LogP contribution in [0.3, 0.4) is 0 Å². The number of halogens is 5. The third kappa shape index (κ3) is 6.45. The topological polar surface area (TPSA) is 119 Å². The minimum absolute atomic E-state index is 0.00644. The highest BCUT2D eigenvalue weighted by Gasteiger charge is 2.46. The van der Waals surface area contributed by atoms with E-state index in [9.17, 15) is 26.7 Å². The van der Waals surface area contributed by atoms with Crippen molar-refractivity contribution in [2.75, 3.05) is 23.8 Å². The highest BCUT2D eigenvalue weighted by molar-refractivity contribution is 6.14. The quantitative estimate of drug-likeness (QED) is 0.303. The molecule has 1 amide bonds. The molecule has 1 fully saturated rings. The van der Waals surface area contributed by atoms with E-state index in [4.69, 9.17) is 5.41 Å². The Balaban J connectivity index is 1.86. The molecule has 2 aromatic heterocycles. The minimum atomic E-state index is -4.65. The molecule has 14 heteroatoms. The molecule has 3 heterocycles. The Morgan fingerprint density at radius 3 is 2.69 bits per heavy atom. The third-order valence-electron chi connectivity index (χ3n) is 5.35. The second-order valence-corrected chi connectivity index (χ2v) is 8.11. The first-order valence-electron chi connectivity index (χ1n) is 10.5. The fourth-order valence-corrected chi connectivity index (χ4v) is 3.74. The molecule has 1 saturated heterocycles. The molecule has 2 atom stereocenters. The average Bonchev–Trinajstić information content (AvgIpc) is 2.78. The van der Waals surface area contributed by atoms with Crippen molar-refractivity contribution in [3.05, 3.63) is 41.6 Å². The molecule has 2 aromatic rings. The Bertz CT molecular complexity index is 1090. The van der Waals surface area contributed by atoms with Gasteiger partial charge in [-0.2, -0.15) is 18.3 Å². The first-order chi connectivity index (χ1) is 16.4. The van der Waals surface area contributed by atoms with E-state index >= 15 is 0 Å². The number of aromatic nitrogens is 3. The van der Waals surface area contributed by atoms with Crippen LogP contribution >= 0.6 is 0 Å². The van der Waals surface area contributed by atoms with Gasteiger partial charge >= 0.3 is 6.18 Å². The molecule has 0 aliphatic carbocycles. The molecule has 9 nitrogen and oxygen atoms in total. The summed E-state index contributed by atoms with van der Waals surface area (Å²) in [7, 11) is 0. The maximum atomic E-state index is 14.5. The van der Waals surface area contributed by atoms with Gasteiger partial charge in [0, 0.05) is 24.9 Å². The van der Waals surface area contributed by atoms with E-state index in [1.54, 1.807) is 19.9 Å². The van der Waals surface area contributed by atoms with Gasteiger partial charge in [0.2, 0.25) is 0 Å². The number of hydrogen-bond donors (Lipinski definition) is 3. The summed E-state index contributed by atoms with van der Waals surface area (Å²) in [5.41, 5.74) is 1.93. The van der Waals surface area contributed by atoms with Crippen LogP contribution in [0.1, 0.15) is 35.2 Å². The lowest BCUT2D eigenvalue weighted by molar-refractivity contribution is -0.141. The molecule has 0 saturated carbocycles. The number of nitrogens with zero attached hydrogens (tertiary/aromatic N) is 5. The van der Waals surface area contributed by atoms with Crippen LogP contribution in [0.4, 0.5) is 33.5 Å². The summed E-state index contributed by atoms with van der Waals surface area (Å²) in [5, 5.41) is 13.5. The Labute approximate surface area is 197 Å². The normalized spacial score (nSPS) is 20.0. The lowest BCUT2D eigenvalue weighted by atomic mass is 9.88. The van der Waals surface area contributed by atoms with Crippen LogP contribution in [-0.2, 0) is 6.18 Å². The van der Waals surface area contributed by atoms with Crippen LogP contribution in [-0.4, -0.2) is 63.2 Å². The van der Waals surface area contributed by atoms with Crippen LogP contribution in [0.15, 0.2) is 29.6 Å². The van der Waals surface area contributed by atoms with E-state index in [0.29, 0.717) is 11.9 Å². The molecular formula is C21H23F5N8O. The summed E-state index contributed by atoms with van der Waals surface area (Å²) in [6, 6.07) is 2.38. The van der Waals surface area contributed by atoms with Crippen molar-refractivity contribution in [3.63, 3.8) is 0 Å². The van der Waals surface area contributed by atoms with E-state index in [2.05, 4.69) is 30.8 Å². The van der Waals surface area contributed by atoms with Crippen molar-refractivity contribution in [2.45, 2.75) is 38.4 Å². The summed E-state index contributed by atoms with van der Waals surface area (Å²) in [4.78, 5) is 25.6. The first kappa shape index (κ1) is 25.9. The van der Waals surface area contributed by atoms with Crippen molar-refractivity contribution in [3.8, 4) is 0 Å². The SMILES string of the molecule is Cc1ccc(N/N=C\C=N)c(C(=O)N2CC(F)(F)C[C@@H](C)C2CNc2cnc(C(F)(F)F)cn2)n1. The molecule has 1 unspecified atom stereocenters. The van der Waals surface area contributed by atoms with Crippen LogP contribution in [0.5, 0.6) is 0 Å². The van der Waals surface area contributed by atoms with Crippen molar-refractivity contribution in [1.29, 1.82) is 5.41 Å². The van der Waals surface area contributed by atoms with Gasteiger partial charge in [0.25, 0.3) is 11.8 Å². The van der Waals surface area contributed by atoms with E-state index in [0.717, 1.165) is 23.5 Å². The molecule has 3 N–H and O–H groups in total. The summed E-state index contributed by atoms with van der Waals surface area (Å²) in [6.07, 6.45) is -1.63. The van der Waals surface area contributed by atoms with E-state index in [1.807, 2.05) is 0 Å². The molecule has 0 bridgehead atoms. The number of rotatable bonds is 7. The Morgan fingerprint density at radius 2 is 2.06 bits per heavy atom. The number of hydrogen-bond acceptors (Lipinski definition) is 8. The number of carbonyl (C=O) groups is 1. The molecule has 35 heavy (non-hydrogen) atoms. The van der Waals surface area contributed by atoms with Crippen molar-refractivity contribution >= 4 is 29.8 Å². The molecule has 3 rings (SSSR count). The number of anilines is 2. The number of amides is 1. The Hall–Kier alpha value is -3.71. The second-order valence-electron chi connectivity index (χ2n) is 8.11. The largest absolute Gasteiger partial charge is 0.434 e. The van der Waals surface area contributed by atoms with Gasteiger partial charge in [-0.25, -0.2) is 23.7 Å². The summed E-state index contributed by atoms with van der Waals surface area (Å²) in [6.45, 7) is 2.29. The van der Waals surface area contributed by atoms with Crippen LogP contribution in [0.2, 0.25) is 0 Å². The van der Waals surface area contributed by atoms with Gasteiger partial charge in [-0.3, -0.25) is 10.2 Å².